The summed E-state index contributed by atoms with van der Waals surface area (Å²) >= 11 is 0. The molecule has 0 aliphatic heterocycles. The standard InChI is InChI=1S/C21H26N2O/c1-15-11-18(13-24)8-10-20(15)23(14-21(4,5)6)17(3)19-9-7-16(2)22-12-19/h7-13H,3,14H2,1-2,4-6H3. The summed E-state index contributed by atoms with van der Waals surface area (Å²) in [5, 5.41) is 0. The van der Waals surface area contributed by atoms with Crippen LogP contribution in [0, 0.1) is 19.3 Å². The fraction of sp³-hybridized carbons (Fsp3) is 0.333. The van der Waals surface area contributed by atoms with Crippen LogP contribution in [0.15, 0.2) is 43.1 Å². The second-order valence-electron chi connectivity index (χ2n) is 7.45. The van der Waals surface area contributed by atoms with E-state index >= 15 is 0 Å². The van der Waals surface area contributed by atoms with Gasteiger partial charge in [0.05, 0.1) is 0 Å². The SMILES string of the molecule is C=C(c1ccc(C)nc1)N(CC(C)(C)C)c1ccc(C=O)cc1C. The molecule has 1 aromatic carbocycles. The van der Waals surface area contributed by atoms with Crippen LogP contribution < -0.4 is 4.90 Å². The number of aldehydes is 1. The second kappa shape index (κ2) is 7.00. The van der Waals surface area contributed by atoms with Gasteiger partial charge in [0.25, 0.3) is 0 Å². The number of benzene rings is 1. The maximum absolute atomic E-state index is 11.0. The van der Waals surface area contributed by atoms with Crippen LogP contribution in [0.5, 0.6) is 0 Å². The van der Waals surface area contributed by atoms with Crippen molar-refractivity contribution in [3.05, 3.63) is 65.5 Å². The van der Waals surface area contributed by atoms with Crippen molar-refractivity contribution in [2.24, 2.45) is 5.41 Å². The molecular formula is C21H26N2O. The third-order valence-corrected chi connectivity index (χ3v) is 3.85. The number of nitrogens with zero attached hydrogens (tertiary/aromatic N) is 2. The summed E-state index contributed by atoms with van der Waals surface area (Å²) in [6.07, 6.45) is 2.74. The van der Waals surface area contributed by atoms with Crippen molar-refractivity contribution in [1.82, 2.24) is 4.98 Å². The van der Waals surface area contributed by atoms with E-state index in [1.165, 1.54) is 0 Å². The number of hydrogen-bond donors (Lipinski definition) is 0. The zero-order valence-corrected chi connectivity index (χ0v) is 15.3. The van der Waals surface area contributed by atoms with Crippen LogP contribution in [-0.4, -0.2) is 17.8 Å². The van der Waals surface area contributed by atoms with Crippen molar-refractivity contribution in [3.8, 4) is 0 Å². The van der Waals surface area contributed by atoms with Crippen molar-refractivity contribution < 1.29 is 4.79 Å². The Bertz CT molecular complexity index is 739. The molecule has 1 aromatic heterocycles. The summed E-state index contributed by atoms with van der Waals surface area (Å²) in [6.45, 7) is 15.7. The quantitative estimate of drug-likeness (QED) is 0.724. The van der Waals surface area contributed by atoms with Crippen LogP contribution >= 0.6 is 0 Å². The van der Waals surface area contributed by atoms with E-state index in [-0.39, 0.29) is 5.41 Å². The van der Waals surface area contributed by atoms with Crippen molar-refractivity contribution in [3.63, 3.8) is 0 Å². The predicted molar refractivity (Wildman–Crippen MR) is 101 cm³/mol. The Morgan fingerprint density at radius 3 is 2.42 bits per heavy atom. The van der Waals surface area contributed by atoms with Gasteiger partial charge >= 0.3 is 0 Å². The molecule has 0 radical (unpaired) electrons. The third kappa shape index (κ3) is 4.31. The van der Waals surface area contributed by atoms with Gasteiger partial charge in [-0.3, -0.25) is 9.78 Å². The highest BCUT2D eigenvalue weighted by Crippen LogP contribution is 2.31. The molecule has 3 heteroatoms. The molecule has 0 saturated heterocycles. The first-order valence-corrected chi connectivity index (χ1v) is 8.16. The number of rotatable bonds is 5. The van der Waals surface area contributed by atoms with Crippen molar-refractivity contribution in [2.75, 3.05) is 11.4 Å². The molecule has 2 aromatic rings. The highest BCUT2D eigenvalue weighted by Gasteiger charge is 2.21. The first-order chi connectivity index (χ1) is 11.2. The molecule has 0 spiro atoms. The van der Waals surface area contributed by atoms with E-state index < -0.39 is 0 Å². The first kappa shape index (κ1) is 17.9. The molecule has 0 atom stereocenters. The Labute approximate surface area is 145 Å². The molecule has 126 valence electrons. The summed E-state index contributed by atoms with van der Waals surface area (Å²) < 4.78 is 0. The molecule has 0 saturated carbocycles. The smallest absolute Gasteiger partial charge is 0.150 e. The van der Waals surface area contributed by atoms with Gasteiger partial charge in [0, 0.05) is 40.9 Å². The minimum Gasteiger partial charge on any atom is -0.341 e. The second-order valence-corrected chi connectivity index (χ2v) is 7.45. The van der Waals surface area contributed by atoms with E-state index in [0.29, 0.717) is 5.56 Å². The maximum atomic E-state index is 11.0. The fourth-order valence-electron chi connectivity index (χ4n) is 2.65. The monoisotopic (exact) mass is 322 g/mol. The zero-order chi connectivity index (χ0) is 17.9. The molecule has 0 aliphatic rings. The van der Waals surface area contributed by atoms with Gasteiger partial charge in [-0.1, -0.05) is 27.4 Å². The van der Waals surface area contributed by atoms with E-state index in [4.69, 9.17) is 0 Å². The maximum Gasteiger partial charge on any atom is 0.150 e. The Balaban J connectivity index is 2.46. The number of aryl methyl sites for hydroxylation is 2. The highest BCUT2D eigenvalue weighted by atomic mass is 16.1. The average molecular weight is 322 g/mol. The van der Waals surface area contributed by atoms with Gasteiger partial charge in [0.2, 0.25) is 0 Å². The lowest BCUT2D eigenvalue weighted by molar-refractivity contribution is 0.112. The minimum atomic E-state index is 0.0941. The number of aromatic nitrogens is 1. The lowest BCUT2D eigenvalue weighted by Crippen LogP contribution is -2.31. The summed E-state index contributed by atoms with van der Waals surface area (Å²) in [6, 6.07) is 9.81. The van der Waals surface area contributed by atoms with Crippen LogP contribution in [0.1, 0.15) is 48.0 Å². The van der Waals surface area contributed by atoms with Crippen molar-refractivity contribution in [2.45, 2.75) is 34.6 Å². The summed E-state index contributed by atoms with van der Waals surface area (Å²) in [4.78, 5) is 17.6. The molecule has 0 amide bonds. The van der Waals surface area contributed by atoms with E-state index in [0.717, 1.165) is 41.0 Å². The average Bonchev–Trinajstić information content (AvgIpc) is 2.52. The van der Waals surface area contributed by atoms with Crippen molar-refractivity contribution in [1.29, 1.82) is 0 Å². The molecule has 0 aliphatic carbocycles. The van der Waals surface area contributed by atoms with E-state index in [2.05, 4.69) is 43.3 Å². The molecular weight excluding hydrogens is 296 g/mol. The van der Waals surface area contributed by atoms with Gasteiger partial charge in [-0.25, -0.2) is 0 Å². The number of hydrogen-bond acceptors (Lipinski definition) is 3. The molecule has 0 fully saturated rings. The van der Waals surface area contributed by atoms with Crippen LogP contribution in [0.4, 0.5) is 5.69 Å². The van der Waals surface area contributed by atoms with E-state index in [1.807, 2.05) is 44.3 Å². The molecule has 24 heavy (non-hydrogen) atoms. The largest absolute Gasteiger partial charge is 0.341 e. The van der Waals surface area contributed by atoms with Gasteiger partial charge in [-0.2, -0.15) is 0 Å². The van der Waals surface area contributed by atoms with Gasteiger partial charge in [0.15, 0.2) is 0 Å². The number of pyridine rings is 1. The van der Waals surface area contributed by atoms with E-state index in [1.54, 1.807) is 0 Å². The lowest BCUT2D eigenvalue weighted by Gasteiger charge is -2.34. The third-order valence-electron chi connectivity index (χ3n) is 3.85. The Kier molecular flexibility index (Phi) is 5.23. The minimum absolute atomic E-state index is 0.0941. The molecule has 0 bridgehead atoms. The van der Waals surface area contributed by atoms with Crippen LogP contribution in [0.25, 0.3) is 5.70 Å². The van der Waals surface area contributed by atoms with Gasteiger partial charge in [0.1, 0.15) is 6.29 Å². The Morgan fingerprint density at radius 1 is 1.21 bits per heavy atom. The van der Waals surface area contributed by atoms with Gasteiger partial charge < -0.3 is 4.90 Å². The molecule has 2 rings (SSSR count). The zero-order valence-electron chi connectivity index (χ0n) is 15.3. The molecule has 0 unspecified atom stereocenters. The van der Waals surface area contributed by atoms with Gasteiger partial charge in [-0.15, -0.1) is 0 Å². The topological polar surface area (TPSA) is 33.2 Å². The molecule has 0 N–H and O–H groups in total. The predicted octanol–water partition coefficient (Wildman–Crippen LogP) is 5.03. The number of carbonyl (C=O) groups is 1. The fourth-order valence-corrected chi connectivity index (χ4v) is 2.65. The first-order valence-electron chi connectivity index (χ1n) is 8.16. The highest BCUT2D eigenvalue weighted by molar-refractivity contribution is 5.82. The summed E-state index contributed by atoms with van der Waals surface area (Å²) in [5.74, 6) is 0. The van der Waals surface area contributed by atoms with Gasteiger partial charge in [-0.05, 0) is 55.2 Å². The van der Waals surface area contributed by atoms with Crippen LogP contribution in [-0.2, 0) is 0 Å². The lowest BCUT2D eigenvalue weighted by atomic mass is 9.94. The van der Waals surface area contributed by atoms with Crippen LogP contribution in [0.3, 0.4) is 0 Å². The van der Waals surface area contributed by atoms with Crippen LogP contribution in [0.2, 0.25) is 0 Å². The molecule has 1 heterocycles. The Morgan fingerprint density at radius 2 is 1.92 bits per heavy atom. The molecule has 3 nitrogen and oxygen atoms in total. The van der Waals surface area contributed by atoms with E-state index in [9.17, 15) is 4.79 Å². The normalized spacial score (nSPS) is 11.2. The summed E-state index contributed by atoms with van der Waals surface area (Å²) in [5.41, 5.74) is 5.82. The summed E-state index contributed by atoms with van der Waals surface area (Å²) in [7, 11) is 0. The number of carbonyl (C=O) groups excluding carboxylic acids is 1. The number of anilines is 1. The van der Waals surface area contributed by atoms with Crippen molar-refractivity contribution >= 4 is 17.7 Å². The Hall–Kier alpha value is -2.42.